The smallest absolute Gasteiger partial charge is 0.223 e. The van der Waals surface area contributed by atoms with Gasteiger partial charge >= 0.3 is 0 Å². The number of carbonyl (C=O) groups excluding carboxylic acids is 1. The van der Waals surface area contributed by atoms with Gasteiger partial charge < -0.3 is 4.90 Å². The zero-order valence-corrected chi connectivity index (χ0v) is 14.0. The normalized spacial score (nSPS) is 13.5. The molecule has 1 amide bonds. The standard InChI is InChI=1S/C18H17FN6O/c19-14-3-1-2-12(8-14)16-9-13-10-25(7-6-15(13)22-23-16)18(26)5-4-17-20-11-21-24-17/h1-3,8-9,11H,4-7,10H2,(H,20,21,24). The second kappa shape index (κ2) is 6.99. The first-order chi connectivity index (χ1) is 12.7. The minimum absolute atomic E-state index is 0.0659. The molecule has 2 aromatic heterocycles. The first kappa shape index (κ1) is 16.3. The molecule has 26 heavy (non-hydrogen) atoms. The van der Waals surface area contributed by atoms with E-state index in [9.17, 15) is 9.18 Å². The molecule has 1 aromatic carbocycles. The van der Waals surface area contributed by atoms with Crippen LogP contribution in [0.15, 0.2) is 36.7 Å². The lowest BCUT2D eigenvalue weighted by Crippen LogP contribution is -2.36. The van der Waals surface area contributed by atoms with E-state index in [4.69, 9.17) is 0 Å². The van der Waals surface area contributed by atoms with E-state index >= 15 is 0 Å². The molecule has 1 aliphatic rings. The van der Waals surface area contributed by atoms with Gasteiger partial charge in [-0.25, -0.2) is 9.37 Å². The van der Waals surface area contributed by atoms with Crippen molar-refractivity contribution in [1.82, 2.24) is 30.3 Å². The number of H-pyrrole nitrogens is 1. The molecule has 0 saturated heterocycles. The Hall–Kier alpha value is -3.16. The van der Waals surface area contributed by atoms with E-state index in [0.717, 1.165) is 11.3 Å². The summed E-state index contributed by atoms with van der Waals surface area (Å²) in [4.78, 5) is 18.3. The maximum Gasteiger partial charge on any atom is 0.223 e. The average Bonchev–Trinajstić information content (AvgIpc) is 3.19. The summed E-state index contributed by atoms with van der Waals surface area (Å²) in [5.41, 5.74) is 3.14. The molecule has 132 valence electrons. The largest absolute Gasteiger partial charge is 0.338 e. The van der Waals surface area contributed by atoms with Crippen molar-refractivity contribution in [1.29, 1.82) is 0 Å². The fourth-order valence-corrected chi connectivity index (χ4v) is 3.07. The molecule has 0 saturated carbocycles. The number of nitrogens with zero attached hydrogens (tertiary/aromatic N) is 5. The van der Waals surface area contributed by atoms with E-state index in [1.165, 1.54) is 18.5 Å². The predicted molar refractivity (Wildman–Crippen MR) is 91.3 cm³/mol. The lowest BCUT2D eigenvalue weighted by atomic mass is 10.0. The van der Waals surface area contributed by atoms with E-state index in [-0.39, 0.29) is 11.7 Å². The Morgan fingerprint density at radius 1 is 1.27 bits per heavy atom. The van der Waals surface area contributed by atoms with E-state index < -0.39 is 0 Å². The van der Waals surface area contributed by atoms with Crippen LogP contribution in [0.5, 0.6) is 0 Å². The summed E-state index contributed by atoms with van der Waals surface area (Å²) in [7, 11) is 0. The van der Waals surface area contributed by atoms with Gasteiger partial charge in [-0.2, -0.15) is 15.3 Å². The van der Waals surface area contributed by atoms with Gasteiger partial charge in [-0.1, -0.05) is 12.1 Å². The summed E-state index contributed by atoms with van der Waals surface area (Å²) in [5.74, 6) is 0.456. The predicted octanol–water partition coefficient (Wildman–Crippen LogP) is 1.92. The van der Waals surface area contributed by atoms with Crippen LogP contribution in [0.3, 0.4) is 0 Å². The lowest BCUT2D eigenvalue weighted by Gasteiger charge is -2.28. The van der Waals surface area contributed by atoms with Gasteiger partial charge in [0.05, 0.1) is 11.4 Å². The van der Waals surface area contributed by atoms with E-state index in [0.29, 0.717) is 49.4 Å². The second-order valence-corrected chi connectivity index (χ2v) is 6.21. The van der Waals surface area contributed by atoms with Crippen LogP contribution >= 0.6 is 0 Å². The highest BCUT2D eigenvalue weighted by molar-refractivity contribution is 5.76. The van der Waals surface area contributed by atoms with Crippen LogP contribution < -0.4 is 0 Å². The fourth-order valence-electron chi connectivity index (χ4n) is 3.07. The SMILES string of the molecule is O=C(CCc1ncn[nH]1)N1CCc2nnc(-c3cccc(F)c3)cc2C1. The first-order valence-electron chi connectivity index (χ1n) is 8.42. The van der Waals surface area contributed by atoms with Gasteiger partial charge in [0.2, 0.25) is 5.91 Å². The molecule has 1 aliphatic heterocycles. The van der Waals surface area contributed by atoms with Crippen molar-refractivity contribution in [3.63, 3.8) is 0 Å². The molecule has 0 fully saturated rings. The van der Waals surface area contributed by atoms with Crippen LogP contribution in [-0.2, 0) is 24.2 Å². The summed E-state index contributed by atoms with van der Waals surface area (Å²) in [6, 6.07) is 8.16. The van der Waals surface area contributed by atoms with Gasteiger partial charge in [-0.05, 0) is 23.8 Å². The Kier molecular flexibility index (Phi) is 4.39. The van der Waals surface area contributed by atoms with Gasteiger partial charge in [0.15, 0.2) is 0 Å². The van der Waals surface area contributed by atoms with Crippen LogP contribution in [0, 0.1) is 5.82 Å². The highest BCUT2D eigenvalue weighted by Gasteiger charge is 2.22. The van der Waals surface area contributed by atoms with Crippen molar-refractivity contribution in [2.24, 2.45) is 0 Å². The highest BCUT2D eigenvalue weighted by atomic mass is 19.1. The molecule has 0 radical (unpaired) electrons. The van der Waals surface area contributed by atoms with Gasteiger partial charge in [0, 0.05) is 37.9 Å². The molecule has 0 atom stereocenters. The number of aryl methyl sites for hydroxylation is 1. The minimum atomic E-state index is -0.314. The average molecular weight is 352 g/mol. The molecule has 8 heteroatoms. The Balaban J connectivity index is 1.48. The molecular formula is C18H17FN6O. The van der Waals surface area contributed by atoms with Crippen molar-refractivity contribution in [2.75, 3.05) is 6.54 Å². The zero-order valence-electron chi connectivity index (χ0n) is 14.0. The molecule has 3 heterocycles. The Morgan fingerprint density at radius 2 is 2.19 bits per heavy atom. The van der Waals surface area contributed by atoms with Crippen molar-refractivity contribution < 1.29 is 9.18 Å². The summed E-state index contributed by atoms with van der Waals surface area (Å²) in [6.45, 7) is 1.11. The Bertz CT molecular complexity index is 927. The number of aromatic nitrogens is 5. The Labute approximate surface area is 149 Å². The maximum atomic E-state index is 13.4. The van der Waals surface area contributed by atoms with Crippen LogP contribution in [0.2, 0.25) is 0 Å². The number of halogens is 1. The molecule has 7 nitrogen and oxygen atoms in total. The van der Waals surface area contributed by atoms with Crippen molar-refractivity contribution in [3.05, 3.63) is 59.6 Å². The Morgan fingerprint density at radius 3 is 3.00 bits per heavy atom. The summed E-state index contributed by atoms with van der Waals surface area (Å²) >= 11 is 0. The van der Waals surface area contributed by atoms with Crippen LogP contribution in [-0.4, -0.2) is 42.7 Å². The summed E-state index contributed by atoms with van der Waals surface area (Å²) < 4.78 is 13.4. The number of nitrogens with one attached hydrogen (secondary N) is 1. The number of rotatable bonds is 4. The third-order valence-corrected chi connectivity index (χ3v) is 4.45. The molecule has 0 bridgehead atoms. The molecule has 3 aromatic rings. The van der Waals surface area contributed by atoms with Crippen LogP contribution in [0.4, 0.5) is 4.39 Å². The number of hydrogen-bond acceptors (Lipinski definition) is 5. The van der Waals surface area contributed by atoms with Crippen LogP contribution in [0.1, 0.15) is 23.5 Å². The number of amides is 1. The molecular weight excluding hydrogens is 335 g/mol. The van der Waals surface area contributed by atoms with Gasteiger partial charge in [-0.15, -0.1) is 0 Å². The maximum absolute atomic E-state index is 13.4. The number of fused-ring (bicyclic) bond motifs is 1. The number of benzene rings is 1. The lowest BCUT2D eigenvalue weighted by molar-refractivity contribution is -0.132. The van der Waals surface area contributed by atoms with Crippen molar-refractivity contribution >= 4 is 5.91 Å². The summed E-state index contributed by atoms with van der Waals surface area (Å²) in [5, 5.41) is 15.0. The fraction of sp³-hybridized carbons (Fsp3) is 0.278. The minimum Gasteiger partial charge on any atom is -0.338 e. The third kappa shape index (κ3) is 3.44. The molecule has 0 spiro atoms. The highest BCUT2D eigenvalue weighted by Crippen LogP contribution is 2.23. The number of carbonyl (C=O) groups is 1. The first-order valence-corrected chi connectivity index (χ1v) is 8.42. The number of aromatic amines is 1. The number of hydrogen-bond donors (Lipinski definition) is 1. The molecule has 1 N–H and O–H groups in total. The van der Waals surface area contributed by atoms with E-state index in [1.807, 2.05) is 11.0 Å². The van der Waals surface area contributed by atoms with E-state index in [2.05, 4.69) is 25.4 Å². The van der Waals surface area contributed by atoms with Crippen molar-refractivity contribution in [3.8, 4) is 11.3 Å². The summed E-state index contributed by atoms with van der Waals surface area (Å²) in [6.07, 6.45) is 3.01. The second-order valence-electron chi connectivity index (χ2n) is 6.21. The van der Waals surface area contributed by atoms with E-state index in [1.54, 1.807) is 12.1 Å². The quantitative estimate of drug-likeness (QED) is 0.775. The van der Waals surface area contributed by atoms with Crippen molar-refractivity contribution in [2.45, 2.75) is 25.8 Å². The monoisotopic (exact) mass is 352 g/mol. The topological polar surface area (TPSA) is 87.7 Å². The van der Waals surface area contributed by atoms with Gasteiger partial charge in [0.25, 0.3) is 0 Å². The third-order valence-electron chi connectivity index (χ3n) is 4.45. The molecule has 0 aliphatic carbocycles. The molecule has 0 unspecified atom stereocenters. The van der Waals surface area contributed by atoms with Crippen LogP contribution in [0.25, 0.3) is 11.3 Å². The zero-order chi connectivity index (χ0) is 17.9. The molecule has 4 rings (SSSR count). The van der Waals surface area contributed by atoms with Gasteiger partial charge in [-0.3, -0.25) is 9.89 Å². The van der Waals surface area contributed by atoms with Gasteiger partial charge in [0.1, 0.15) is 18.0 Å².